The molecule has 3 rings (SSSR count). The molecule has 164 valence electrons. The number of esters is 1. The third kappa shape index (κ3) is 5.45. The largest absolute Gasteiger partial charge is 0.459 e. The van der Waals surface area contributed by atoms with Gasteiger partial charge < -0.3 is 20.1 Å². The highest BCUT2D eigenvalue weighted by Gasteiger charge is 2.33. The van der Waals surface area contributed by atoms with Crippen molar-refractivity contribution in [2.24, 2.45) is 0 Å². The second-order valence-corrected chi connectivity index (χ2v) is 8.04. The maximum Gasteiger partial charge on any atom is 0.338 e. The molecule has 2 amide bonds. The average Bonchev–Trinajstić information content (AvgIpc) is 2.70. The van der Waals surface area contributed by atoms with E-state index in [1.54, 1.807) is 13.8 Å². The third-order valence-electron chi connectivity index (χ3n) is 5.14. The van der Waals surface area contributed by atoms with Gasteiger partial charge in [0, 0.05) is 5.70 Å². The summed E-state index contributed by atoms with van der Waals surface area (Å²) in [4.78, 5) is 25.1. The molecule has 1 unspecified atom stereocenters. The van der Waals surface area contributed by atoms with Gasteiger partial charge in [0.1, 0.15) is 11.5 Å². The zero-order chi connectivity index (χ0) is 22.5. The summed E-state index contributed by atoms with van der Waals surface area (Å²) >= 11 is 0. The molecule has 2 aromatic rings. The van der Waals surface area contributed by atoms with Crippen molar-refractivity contribution >= 4 is 12.0 Å². The molecular formula is C25H30N2O4. The minimum absolute atomic E-state index is 0.255. The minimum Gasteiger partial charge on any atom is -0.459 e. The molecule has 1 aliphatic heterocycles. The van der Waals surface area contributed by atoms with Crippen LogP contribution in [0, 0.1) is 13.8 Å². The fourth-order valence-corrected chi connectivity index (χ4v) is 3.48. The molecule has 2 aromatic carbocycles. The molecule has 0 saturated heterocycles. The Morgan fingerprint density at radius 1 is 1.03 bits per heavy atom. The fourth-order valence-electron chi connectivity index (χ4n) is 3.48. The van der Waals surface area contributed by atoms with E-state index < -0.39 is 12.0 Å². The van der Waals surface area contributed by atoms with E-state index >= 15 is 0 Å². The fraction of sp³-hybridized carbons (Fsp3) is 0.360. The Balaban J connectivity index is 1.89. The van der Waals surface area contributed by atoms with E-state index in [2.05, 4.69) is 17.6 Å². The van der Waals surface area contributed by atoms with Crippen molar-refractivity contribution in [1.29, 1.82) is 0 Å². The van der Waals surface area contributed by atoms with Gasteiger partial charge in [0.15, 0.2) is 0 Å². The first-order chi connectivity index (χ1) is 14.8. The van der Waals surface area contributed by atoms with Crippen LogP contribution in [0.1, 0.15) is 56.3 Å². The van der Waals surface area contributed by atoms with Crippen molar-refractivity contribution in [3.63, 3.8) is 0 Å². The summed E-state index contributed by atoms with van der Waals surface area (Å²) in [5.41, 5.74) is 4.20. The Labute approximate surface area is 183 Å². The SMILES string of the molecule is CCCC1=C(C(=O)OC(C)C)C(c2ccc(Oc3ccc(C)c(C)c3)cc2)NC(=O)N1. The van der Waals surface area contributed by atoms with Crippen LogP contribution in [0.25, 0.3) is 0 Å². The van der Waals surface area contributed by atoms with E-state index in [1.807, 2.05) is 56.3 Å². The lowest BCUT2D eigenvalue weighted by atomic mass is 9.93. The summed E-state index contributed by atoms with van der Waals surface area (Å²) < 4.78 is 11.4. The van der Waals surface area contributed by atoms with Gasteiger partial charge in [0.05, 0.1) is 17.7 Å². The van der Waals surface area contributed by atoms with E-state index in [1.165, 1.54) is 5.56 Å². The molecular weight excluding hydrogens is 392 g/mol. The molecule has 0 aromatic heterocycles. The van der Waals surface area contributed by atoms with Crippen LogP contribution in [0.15, 0.2) is 53.7 Å². The number of carbonyl (C=O) groups excluding carboxylic acids is 2. The first-order valence-corrected chi connectivity index (χ1v) is 10.6. The van der Waals surface area contributed by atoms with Gasteiger partial charge in [-0.2, -0.15) is 0 Å². The van der Waals surface area contributed by atoms with E-state index in [9.17, 15) is 9.59 Å². The Kier molecular flexibility index (Phi) is 7.00. The van der Waals surface area contributed by atoms with E-state index in [0.29, 0.717) is 23.4 Å². The highest BCUT2D eigenvalue weighted by atomic mass is 16.5. The molecule has 0 aliphatic carbocycles. The predicted molar refractivity (Wildman–Crippen MR) is 120 cm³/mol. The molecule has 1 heterocycles. The van der Waals surface area contributed by atoms with Crippen LogP contribution in [0.2, 0.25) is 0 Å². The van der Waals surface area contributed by atoms with Crippen LogP contribution >= 0.6 is 0 Å². The lowest BCUT2D eigenvalue weighted by Gasteiger charge is -2.30. The number of benzene rings is 2. The Bertz CT molecular complexity index is 993. The maximum atomic E-state index is 12.9. The lowest BCUT2D eigenvalue weighted by molar-refractivity contribution is -0.143. The van der Waals surface area contributed by atoms with Crippen LogP contribution in [-0.4, -0.2) is 18.1 Å². The molecule has 31 heavy (non-hydrogen) atoms. The van der Waals surface area contributed by atoms with Gasteiger partial charge in [0.25, 0.3) is 0 Å². The monoisotopic (exact) mass is 422 g/mol. The van der Waals surface area contributed by atoms with Crippen molar-refractivity contribution in [3.8, 4) is 11.5 Å². The number of urea groups is 1. The van der Waals surface area contributed by atoms with Crippen molar-refractivity contribution in [2.75, 3.05) is 0 Å². The highest BCUT2D eigenvalue weighted by molar-refractivity contribution is 5.95. The molecule has 2 N–H and O–H groups in total. The van der Waals surface area contributed by atoms with Crippen LogP contribution in [-0.2, 0) is 9.53 Å². The number of hydrogen-bond acceptors (Lipinski definition) is 4. The number of amides is 2. The molecule has 0 spiro atoms. The number of hydrogen-bond donors (Lipinski definition) is 2. The minimum atomic E-state index is -0.586. The van der Waals surface area contributed by atoms with Crippen molar-refractivity contribution in [1.82, 2.24) is 10.6 Å². The average molecular weight is 423 g/mol. The third-order valence-corrected chi connectivity index (χ3v) is 5.14. The van der Waals surface area contributed by atoms with E-state index in [4.69, 9.17) is 9.47 Å². The molecule has 1 aliphatic rings. The van der Waals surface area contributed by atoms with Gasteiger partial charge in [-0.05, 0) is 75.1 Å². The second kappa shape index (κ2) is 9.69. The Hall–Kier alpha value is -3.28. The first-order valence-electron chi connectivity index (χ1n) is 10.6. The topological polar surface area (TPSA) is 76.7 Å². The lowest BCUT2D eigenvalue weighted by Crippen LogP contribution is -2.46. The van der Waals surface area contributed by atoms with Crippen LogP contribution in [0.5, 0.6) is 11.5 Å². The van der Waals surface area contributed by atoms with Crippen molar-refractivity contribution < 1.29 is 19.1 Å². The Morgan fingerprint density at radius 3 is 2.32 bits per heavy atom. The molecule has 0 saturated carbocycles. The van der Waals surface area contributed by atoms with E-state index in [0.717, 1.165) is 23.3 Å². The number of ether oxygens (including phenoxy) is 2. The van der Waals surface area contributed by atoms with Gasteiger partial charge in [-0.1, -0.05) is 31.5 Å². The van der Waals surface area contributed by atoms with Gasteiger partial charge >= 0.3 is 12.0 Å². The molecule has 1 atom stereocenters. The molecule has 0 radical (unpaired) electrons. The number of carbonyl (C=O) groups is 2. The number of nitrogens with one attached hydrogen (secondary N) is 2. The predicted octanol–water partition coefficient (Wildman–Crippen LogP) is 5.46. The van der Waals surface area contributed by atoms with Crippen LogP contribution in [0.3, 0.4) is 0 Å². The maximum absolute atomic E-state index is 12.9. The first kappa shape index (κ1) is 22.4. The molecule has 6 heteroatoms. The summed E-state index contributed by atoms with van der Waals surface area (Å²) in [6.45, 7) is 9.72. The summed E-state index contributed by atoms with van der Waals surface area (Å²) in [7, 11) is 0. The van der Waals surface area contributed by atoms with Gasteiger partial charge in [-0.25, -0.2) is 9.59 Å². The molecule has 6 nitrogen and oxygen atoms in total. The zero-order valence-electron chi connectivity index (χ0n) is 18.7. The molecule has 0 fully saturated rings. The summed E-state index contributed by atoms with van der Waals surface area (Å²) in [6.07, 6.45) is 1.12. The summed E-state index contributed by atoms with van der Waals surface area (Å²) in [5.74, 6) is 1.01. The second-order valence-electron chi connectivity index (χ2n) is 8.04. The normalized spacial score (nSPS) is 16.1. The standard InChI is InChI=1S/C25H30N2O4/c1-6-7-21-22(24(28)30-15(2)3)23(27-25(29)26-21)18-9-12-19(13-10-18)31-20-11-8-16(4)17(5)14-20/h8-15,23H,6-7H2,1-5H3,(H2,26,27,29). The van der Waals surface area contributed by atoms with Gasteiger partial charge in [0.2, 0.25) is 0 Å². The smallest absolute Gasteiger partial charge is 0.338 e. The van der Waals surface area contributed by atoms with E-state index in [-0.39, 0.29) is 12.1 Å². The Morgan fingerprint density at radius 2 is 1.71 bits per heavy atom. The van der Waals surface area contributed by atoms with Gasteiger partial charge in [-0.3, -0.25) is 0 Å². The summed E-state index contributed by atoms with van der Waals surface area (Å²) in [6, 6.07) is 12.4. The highest BCUT2D eigenvalue weighted by Crippen LogP contribution is 2.32. The van der Waals surface area contributed by atoms with Crippen LogP contribution < -0.4 is 15.4 Å². The number of aryl methyl sites for hydroxylation is 2. The number of allylic oxidation sites excluding steroid dienone is 1. The van der Waals surface area contributed by atoms with Crippen molar-refractivity contribution in [2.45, 2.75) is 59.6 Å². The zero-order valence-corrected chi connectivity index (χ0v) is 18.7. The van der Waals surface area contributed by atoms with Crippen molar-refractivity contribution in [3.05, 3.63) is 70.4 Å². The van der Waals surface area contributed by atoms with Gasteiger partial charge in [-0.15, -0.1) is 0 Å². The quantitative estimate of drug-likeness (QED) is 0.581. The van der Waals surface area contributed by atoms with Crippen LogP contribution in [0.4, 0.5) is 4.79 Å². The summed E-state index contributed by atoms with van der Waals surface area (Å²) in [5, 5.41) is 5.64. The number of rotatable bonds is 7. The molecule has 0 bridgehead atoms.